The minimum atomic E-state index is 0. The van der Waals surface area contributed by atoms with Gasteiger partial charge < -0.3 is 5.48 Å². The second-order valence-electron chi connectivity index (χ2n) is 3.48. The van der Waals surface area contributed by atoms with E-state index in [-0.39, 0.29) is 11.4 Å². The topological polar surface area (TPSA) is 48.6 Å². The van der Waals surface area contributed by atoms with Crippen LogP contribution in [0.1, 0.15) is 19.3 Å². The van der Waals surface area contributed by atoms with E-state index in [2.05, 4.69) is 18.7 Å². The SMILES string of the molecule is C=C1CC2CC=CCC2C1=O.O. The van der Waals surface area contributed by atoms with Crippen molar-refractivity contribution in [1.82, 2.24) is 0 Å². The van der Waals surface area contributed by atoms with Crippen molar-refractivity contribution in [2.45, 2.75) is 19.3 Å². The van der Waals surface area contributed by atoms with E-state index in [1.54, 1.807) is 0 Å². The number of carbonyl (C=O) groups excluding carboxylic acids is 1. The Kier molecular flexibility index (Phi) is 2.48. The second-order valence-corrected chi connectivity index (χ2v) is 3.48. The number of Topliss-reactive ketones (excluding diaryl/α,β-unsaturated/α-hetero) is 1. The van der Waals surface area contributed by atoms with E-state index in [4.69, 9.17) is 0 Å². The van der Waals surface area contributed by atoms with Crippen LogP contribution >= 0.6 is 0 Å². The van der Waals surface area contributed by atoms with Gasteiger partial charge in [-0.3, -0.25) is 4.79 Å². The molecule has 2 heteroatoms. The molecule has 66 valence electrons. The zero-order chi connectivity index (χ0) is 7.84. The van der Waals surface area contributed by atoms with Crippen LogP contribution in [-0.4, -0.2) is 11.3 Å². The lowest BCUT2D eigenvalue weighted by atomic mass is 9.86. The van der Waals surface area contributed by atoms with Crippen molar-refractivity contribution in [1.29, 1.82) is 0 Å². The summed E-state index contributed by atoms with van der Waals surface area (Å²) in [5.41, 5.74) is 0.851. The normalized spacial score (nSPS) is 33.0. The number of fused-ring (bicyclic) bond motifs is 1. The fourth-order valence-electron chi connectivity index (χ4n) is 2.10. The molecule has 2 unspecified atom stereocenters. The van der Waals surface area contributed by atoms with Crippen LogP contribution in [0, 0.1) is 11.8 Å². The van der Waals surface area contributed by atoms with E-state index in [9.17, 15) is 4.79 Å². The maximum absolute atomic E-state index is 11.4. The summed E-state index contributed by atoms with van der Waals surface area (Å²) in [7, 11) is 0. The first-order chi connectivity index (χ1) is 5.29. The summed E-state index contributed by atoms with van der Waals surface area (Å²) >= 11 is 0. The predicted octanol–water partition coefficient (Wildman–Crippen LogP) is 1.27. The van der Waals surface area contributed by atoms with Crippen LogP contribution in [0.25, 0.3) is 0 Å². The number of hydrogen-bond donors (Lipinski definition) is 0. The molecule has 0 amide bonds. The summed E-state index contributed by atoms with van der Waals surface area (Å²) in [6.07, 6.45) is 7.27. The van der Waals surface area contributed by atoms with Gasteiger partial charge in [0.2, 0.25) is 0 Å². The summed E-state index contributed by atoms with van der Waals surface area (Å²) in [5.74, 6) is 1.19. The Bertz CT molecular complexity index is 240. The number of allylic oxidation sites excluding steroid dienone is 3. The summed E-state index contributed by atoms with van der Waals surface area (Å²) in [6.45, 7) is 3.78. The van der Waals surface area contributed by atoms with Crippen molar-refractivity contribution in [3.05, 3.63) is 24.3 Å². The highest BCUT2D eigenvalue weighted by molar-refractivity contribution is 5.99. The first-order valence-corrected chi connectivity index (χ1v) is 4.16. The molecule has 2 atom stereocenters. The zero-order valence-corrected chi connectivity index (χ0v) is 7.05. The number of rotatable bonds is 0. The molecule has 2 aliphatic carbocycles. The van der Waals surface area contributed by atoms with Gasteiger partial charge >= 0.3 is 0 Å². The molecule has 2 aliphatic rings. The molecule has 2 rings (SSSR count). The summed E-state index contributed by atoms with van der Waals surface area (Å²) in [4.78, 5) is 11.4. The maximum Gasteiger partial charge on any atom is 0.161 e. The molecule has 0 aromatic carbocycles. The minimum absolute atomic E-state index is 0. The van der Waals surface area contributed by atoms with Gasteiger partial charge in [0, 0.05) is 5.92 Å². The van der Waals surface area contributed by atoms with E-state index in [1.165, 1.54) is 0 Å². The highest BCUT2D eigenvalue weighted by atomic mass is 16.1. The standard InChI is InChI=1S/C10H12O.H2O/c1-7-6-8-4-2-3-5-9(8)10(7)11;/h2-3,8-9H,1,4-6H2;1H2. The highest BCUT2D eigenvalue weighted by Crippen LogP contribution is 2.39. The van der Waals surface area contributed by atoms with Crippen LogP contribution < -0.4 is 0 Å². The van der Waals surface area contributed by atoms with Crippen molar-refractivity contribution in [2.24, 2.45) is 11.8 Å². The van der Waals surface area contributed by atoms with Gasteiger partial charge in [0.05, 0.1) is 0 Å². The molecular formula is C10H14O2. The summed E-state index contributed by atoms with van der Waals surface area (Å²) < 4.78 is 0. The quantitative estimate of drug-likeness (QED) is 0.395. The average molecular weight is 166 g/mol. The molecule has 0 aromatic rings. The fraction of sp³-hybridized carbons (Fsp3) is 0.500. The van der Waals surface area contributed by atoms with Gasteiger partial charge in [-0.15, -0.1) is 0 Å². The number of hydrogen-bond acceptors (Lipinski definition) is 1. The van der Waals surface area contributed by atoms with E-state index in [0.717, 1.165) is 24.8 Å². The van der Waals surface area contributed by atoms with Crippen molar-refractivity contribution in [3.63, 3.8) is 0 Å². The van der Waals surface area contributed by atoms with Gasteiger partial charge in [-0.05, 0) is 30.8 Å². The van der Waals surface area contributed by atoms with Crippen LogP contribution in [0.15, 0.2) is 24.3 Å². The lowest BCUT2D eigenvalue weighted by Crippen LogP contribution is -2.16. The molecule has 1 saturated carbocycles. The van der Waals surface area contributed by atoms with Crippen LogP contribution in [0.5, 0.6) is 0 Å². The van der Waals surface area contributed by atoms with Crippen LogP contribution in [-0.2, 0) is 4.79 Å². The molecule has 0 spiro atoms. The molecule has 1 fully saturated rings. The minimum Gasteiger partial charge on any atom is -0.412 e. The van der Waals surface area contributed by atoms with Gasteiger partial charge in [0.25, 0.3) is 0 Å². The van der Waals surface area contributed by atoms with E-state index < -0.39 is 0 Å². The maximum atomic E-state index is 11.4. The molecule has 0 heterocycles. The Balaban J connectivity index is 0.000000720. The second kappa shape index (κ2) is 3.23. The van der Waals surface area contributed by atoms with Crippen molar-refractivity contribution >= 4 is 5.78 Å². The lowest BCUT2D eigenvalue weighted by molar-refractivity contribution is -0.118. The van der Waals surface area contributed by atoms with Gasteiger partial charge in [-0.25, -0.2) is 0 Å². The monoisotopic (exact) mass is 166 g/mol. The molecule has 0 aromatic heterocycles. The van der Waals surface area contributed by atoms with Crippen molar-refractivity contribution < 1.29 is 10.3 Å². The van der Waals surface area contributed by atoms with Gasteiger partial charge in [0.15, 0.2) is 5.78 Å². The third-order valence-electron chi connectivity index (χ3n) is 2.76. The largest absolute Gasteiger partial charge is 0.412 e. The zero-order valence-electron chi connectivity index (χ0n) is 7.05. The molecule has 2 nitrogen and oxygen atoms in total. The Morgan fingerprint density at radius 1 is 1.33 bits per heavy atom. The molecule has 0 saturated heterocycles. The first-order valence-electron chi connectivity index (χ1n) is 4.16. The van der Waals surface area contributed by atoms with Crippen molar-refractivity contribution in [3.8, 4) is 0 Å². The molecular weight excluding hydrogens is 152 g/mol. The molecule has 0 aliphatic heterocycles. The summed E-state index contributed by atoms with van der Waals surface area (Å²) in [6, 6.07) is 0. The Hall–Kier alpha value is -0.890. The highest BCUT2D eigenvalue weighted by Gasteiger charge is 2.36. The Morgan fingerprint density at radius 3 is 2.67 bits per heavy atom. The Labute approximate surface area is 72.3 Å². The summed E-state index contributed by atoms with van der Waals surface area (Å²) in [5, 5.41) is 0. The predicted molar refractivity (Wildman–Crippen MR) is 47.7 cm³/mol. The molecule has 2 N–H and O–H groups in total. The molecule has 0 radical (unpaired) electrons. The lowest BCUT2D eigenvalue weighted by Gasteiger charge is -2.17. The van der Waals surface area contributed by atoms with Crippen LogP contribution in [0.3, 0.4) is 0 Å². The Morgan fingerprint density at radius 2 is 2.00 bits per heavy atom. The van der Waals surface area contributed by atoms with Gasteiger partial charge in [-0.2, -0.15) is 0 Å². The van der Waals surface area contributed by atoms with Gasteiger partial charge in [-0.1, -0.05) is 18.7 Å². The van der Waals surface area contributed by atoms with E-state index in [0.29, 0.717) is 11.7 Å². The molecule has 12 heavy (non-hydrogen) atoms. The number of carbonyl (C=O) groups is 1. The average Bonchev–Trinajstić information content (AvgIpc) is 2.30. The first kappa shape index (κ1) is 9.20. The third-order valence-corrected chi connectivity index (χ3v) is 2.76. The third kappa shape index (κ3) is 1.23. The van der Waals surface area contributed by atoms with Crippen LogP contribution in [0.2, 0.25) is 0 Å². The molecule has 0 bridgehead atoms. The number of ketones is 1. The van der Waals surface area contributed by atoms with E-state index >= 15 is 0 Å². The van der Waals surface area contributed by atoms with Crippen LogP contribution in [0.4, 0.5) is 0 Å². The smallest absolute Gasteiger partial charge is 0.161 e. The van der Waals surface area contributed by atoms with Crippen molar-refractivity contribution in [2.75, 3.05) is 0 Å². The van der Waals surface area contributed by atoms with Gasteiger partial charge in [0.1, 0.15) is 0 Å². The fourth-order valence-corrected chi connectivity index (χ4v) is 2.10. The van der Waals surface area contributed by atoms with E-state index in [1.807, 2.05) is 0 Å².